The minimum atomic E-state index is -4.43. The lowest BCUT2D eigenvalue weighted by Crippen LogP contribution is -2.26. The van der Waals surface area contributed by atoms with Crippen LogP contribution in [0.2, 0.25) is 0 Å². The Morgan fingerprint density at radius 1 is 1.31 bits per heavy atom. The summed E-state index contributed by atoms with van der Waals surface area (Å²) in [5.41, 5.74) is 0.420. The number of rotatable bonds is 1. The van der Waals surface area contributed by atoms with Crippen LogP contribution >= 0.6 is 12.4 Å². The summed E-state index contributed by atoms with van der Waals surface area (Å²) in [6.07, 6.45) is -2.81. The predicted octanol–water partition coefficient (Wildman–Crippen LogP) is 2.58. The summed E-state index contributed by atoms with van der Waals surface area (Å²) >= 11 is 0. The highest BCUT2D eigenvalue weighted by Crippen LogP contribution is 2.32. The number of hydrogen-bond acceptors (Lipinski definition) is 3. The van der Waals surface area contributed by atoms with Gasteiger partial charge in [-0.25, -0.2) is 0 Å². The van der Waals surface area contributed by atoms with Crippen LogP contribution in [0.25, 0.3) is 0 Å². The van der Waals surface area contributed by atoms with E-state index in [2.05, 4.69) is 15.0 Å². The summed E-state index contributed by atoms with van der Waals surface area (Å²) in [6, 6.07) is 1.01. The summed E-state index contributed by atoms with van der Waals surface area (Å²) in [4.78, 5) is 0. The summed E-state index contributed by atoms with van der Waals surface area (Å²) < 4.78 is 41.0. The molecule has 1 fully saturated rings. The van der Waals surface area contributed by atoms with Gasteiger partial charge in [0.2, 0.25) is 5.76 Å². The Morgan fingerprint density at radius 3 is 2.44 bits per heavy atom. The first-order chi connectivity index (χ1) is 7.07. The topological polar surface area (TPSA) is 38.1 Å². The summed E-state index contributed by atoms with van der Waals surface area (Å²) in [6.45, 7) is 1.64. The van der Waals surface area contributed by atoms with Crippen molar-refractivity contribution in [3.8, 4) is 0 Å². The lowest BCUT2D eigenvalue weighted by atomic mass is 9.94. The van der Waals surface area contributed by atoms with Gasteiger partial charge in [-0.2, -0.15) is 13.2 Å². The number of halogens is 4. The smallest absolute Gasteiger partial charge is 0.351 e. The molecule has 1 aliphatic heterocycles. The van der Waals surface area contributed by atoms with E-state index in [1.807, 2.05) is 0 Å². The van der Waals surface area contributed by atoms with Crippen LogP contribution in [0.3, 0.4) is 0 Å². The highest BCUT2D eigenvalue weighted by molar-refractivity contribution is 5.85. The maximum atomic E-state index is 12.2. The molecule has 16 heavy (non-hydrogen) atoms. The molecule has 3 nitrogen and oxygen atoms in total. The largest absolute Gasteiger partial charge is 0.452 e. The molecule has 1 N–H and O–H groups in total. The van der Waals surface area contributed by atoms with Gasteiger partial charge in [0, 0.05) is 12.0 Å². The second-order valence-electron chi connectivity index (χ2n) is 3.64. The Hall–Kier alpha value is -0.750. The van der Waals surface area contributed by atoms with E-state index in [1.54, 1.807) is 0 Å². The van der Waals surface area contributed by atoms with E-state index in [9.17, 15) is 13.2 Å². The number of aromatic nitrogens is 1. The van der Waals surface area contributed by atoms with Crippen LogP contribution in [0.4, 0.5) is 13.2 Å². The number of piperidine rings is 1. The summed E-state index contributed by atoms with van der Waals surface area (Å²) in [5.74, 6) is -0.915. The number of hydrogen-bond donors (Lipinski definition) is 1. The molecule has 1 aromatic rings. The molecule has 0 aromatic carbocycles. The monoisotopic (exact) mass is 256 g/mol. The van der Waals surface area contributed by atoms with Gasteiger partial charge in [0.25, 0.3) is 0 Å². The molecule has 0 spiro atoms. The number of nitrogens with one attached hydrogen (secondary N) is 1. The van der Waals surface area contributed by atoms with Crippen LogP contribution in [0.5, 0.6) is 0 Å². The quantitative estimate of drug-likeness (QED) is 0.839. The van der Waals surface area contributed by atoms with E-state index in [0.29, 0.717) is 5.69 Å². The average Bonchev–Trinajstić information content (AvgIpc) is 2.67. The van der Waals surface area contributed by atoms with E-state index in [1.165, 1.54) is 0 Å². The third kappa shape index (κ3) is 2.89. The molecule has 0 aliphatic carbocycles. The molecule has 1 aromatic heterocycles. The normalized spacial score (nSPS) is 18.2. The molecular weight excluding hydrogens is 245 g/mol. The molecular formula is C9H12ClF3N2O. The van der Waals surface area contributed by atoms with Crippen molar-refractivity contribution >= 4 is 12.4 Å². The zero-order valence-corrected chi connectivity index (χ0v) is 9.20. The van der Waals surface area contributed by atoms with Gasteiger partial charge < -0.3 is 9.84 Å². The Bertz CT molecular complexity index is 334. The minimum absolute atomic E-state index is 0. The van der Waals surface area contributed by atoms with Crippen molar-refractivity contribution in [3.05, 3.63) is 17.5 Å². The number of alkyl halides is 3. The fourth-order valence-corrected chi connectivity index (χ4v) is 1.73. The van der Waals surface area contributed by atoms with Crippen LogP contribution in [0.1, 0.15) is 30.2 Å². The fourth-order valence-electron chi connectivity index (χ4n) is 1.73. The zero-order chi connectivity index (χ0) is 10.9. The van der Waals surface area contributed by atoms with Crippen LogP contribution < -0.4 is 5.32 Å². The second kappa shape index (κ2) is 5.05. The SMILES string of the molecule is Cl.FC(F)(F)c1cc(C2CCNCC2)no1. The Kier molecular flexibility index (Phi) is 4.21. The van der Waals surface area contributed by atoms with Crippen LogP contribution in [0, 0.1) is 0 Å². The summed E-state index contributed by atoms with van der Waals surface area (Å²) in [5, 5.41) is 6.62. The third-order valence-electron chi connectivity index (χ3n) is 2.57. The van der Waals surface area contributed by atoms with Crippen molar-refractivity contribution in [2.24, 2.45) is 0 Å². The van der Waals surface area contributed by atoms with Crippen molar-refractivity contribution in [1.29, 1.82) is 0 Å². The minimum Gasteiger partial charge on any atom is -0.351 e. The molecule has 1 aliphatic rings. The molecule has 2 rings (SSSR count). The van der Waals surface area contributed by atoms with Crippen LogP contribution in [-0.4, -0.2) is 18.2 Å². The molecule has 1 saturated heterocycles. The molecule has 0 atom stereocenters. The maximum Gasteiger partial charge on any atom is 0.452 e. The molecule has 92 valence electrons. The van der Waals surface area contributed by atoms with E-state index < -0.39 is 11.9 Å². The fraction of sp³-hybridized carbons (Fsp3) is 0.667. The molecule has 0 saturated carbocycles. The molecule has 0 unspecified atom stereocenters. The average molecular weight is 257 g/mol. The lowest BCUT2D eigenvalue weighted by Gasteiger charge is -2.19. The first-order valence-electron chi connectivity index (χ1n) is 4.82. The van der Waals surface area contributed by atoms with E-state index in [4.69, 9.17) is 0 Å². The van der Waals surface area contributed by atoms with E-state index in [-0.39, 0.29) is 18.3 Å². The zero-order valence-electron chi connectivity index (χ0n) is 8.38. The first-order valence-corrected chi connectivity index (χ1v) is 4.82. The van der Waals surface area contributed by atoms with Crippen molar-refractivity contribution in [2.75, 3.05) is 13.1 Å². The Morgan fingerprint density at radius 2 is 1.94 bits per heavy atom. The Balaban J connectivity index is 0.00000128. The molecule has 0 bridgehead atoms. The van der Waals surface area contributed by atoms with Crippen molar-refractivity contribution < 1.29 is 17.7 Å². The molecule has 0 radical (unpaired) electrons. The summed E-state index contributed by atoms with van der Waals surface area (Å²) in [7, 11) is 0. The van der Waals surface area contributed by atoms with Crippen LogP contribution in [0.15, 0.2) is 10.6 Å². The van der Waals surface area contributed by atoms with E-state index in [0.717, 1.165) is 32.0 Å². The predicted molar refractivity (Wildman–Crippen MR) is 53.6 cm³/mol. The van der Waals surface area contributed by atoms with Crippen molar-refractivity contribution in [2.45, 2.75) is 24.9 Å². The van der Waals surface area contributed by atoms with Gasteiger partial charge in [-0.05, 0) is 25.9 Å². The van der Waals surface area contributed by atoms with Gasteiger partial charge in [0.1, 0.15) is 0 Å². The van der Waals surface area contributed by atoms with Gasteiger partial charge in [0.05, 0.1) is 5.69 Å². The van der Waals surface area contributed by atoms with Crippen molar-refractivity contribution in [1.82, 2.24) is 10.5 Å². The Labute approximate surface area is 96.8 Å². The first kappa shape index (κ1) is 13.3. The molecule has 0 amide bonds. The highest BCUT2D eigenvalue weighted by atomic mass is 35.5. The van der Waals surface area contributed by atoms with Crippen LogP contribution in [-0.2, 0) is 6.18 Å². The molecule has 7 heteroatoms. The highest BCUT2D eigenvalue weighted by Gasteiger charge is 2.36. The lowest BCUT2D eigenvalue weighted by molar-refractivity contribution is -0.155. The number of nitrogens with zero attached hydrogens (tertiary/aromatic N) is 1. The maximum absolute atomic E-state index is 12.2. The standard InChI is InChI=1S/C9H11F3N2O.ClH/c10-9(11,12)8-5-7(14-15-8)6-1-3-13-4-2-6;/h5-6,13H,1-4H2;1H. The second-order valence-corrected chi connectivity index (χ2v) is 3.64. The van der Waals surface area contributed by atoms with E-state index >= 15 is 0 Å². The van der Waals surface area contributed by atoms with Gasteiger partial charge >= 0.3 is 6.18 Å². The molecule has 2 heterocycles. The van der Waals surface area contributed by atoms with Gasteiger partial charge in [0.15, 0.2) is 0 Å². The third-order valence-corrected chi connectivity index (χ3v) is 2.57. The van der Waals surface area contributed by atoms with Gasteiger partial charge in [-0.1, -0.05) is 5.16 Å². The van der Waals surface area contributed by atoms with Gasteiger partial charge in [-0.15, -0.1) is 12.4 Å². The van der Waals surface area contributed by atoms with Gasteiger partial charge in [-0.3, -0.25) is 0 Å². The van der Waals surface area contributed by atoms with Crippen molar-refractivity contribution in [3.63, 3.8) is 0 Å².